The van der Waals surface area contributed by atoms with Crippen molar-refractivity contribution in [3.8, 4) is 11.5 Å². The minimum Gasteiger partial charge on any atom is -0.490 e. The van der Waals surface area contributed by atoms with Crippen LogP contribution < -0.4 is 14.8 Å². The van der Waals surface area contributed by atoms with Crippen molar-refractivity contribution < 1.29 is 19.1 Å². The molecule has 1 N–H and O–H groups in total. The molecule has 2 amide bonds. The van der Waals surface area contributed by atoms with Crippen LogP contribution in [0.5, 0.6) is 11.5 Å². The number of thioether (sulfide) groups is 1. The molecule has 4 rings (SSSR count). The van der Waals surface area contributed by atoms with Crippen LogP contribution in [0.3, 0.4) is 0 Å². The maximum Gasteiger partial charge on any atom is 0.279 e. The third-order valence-corrected chi connectivity index (χ3v) is 6.19. The van der Waals surface area contributed by atoms with Crippen molar-refractivity contribution in [1.82, 2.24) is 5.32 Å². The first-order valence-corrected chi connectivity index (χ1v) is 12.2. The summed E-state index contributed by atoms with van der Waals surface area (Å²) in [7, 11) is 0. The molecule has 3 aromatic carbocycles. The lowest BCUT2D eigenvalue weighted by Crippen LogP contribution is -2.20. The number of ether oxygens (including phenoxy) is 2. The van der Waals surface area contributed by atoms with Gasteiger partial charge >= 0.3 is 0 Å². The summed E-state index contributed by atoms with van der Waals surface area (Å²) in [4.78, 5) is 29.3. The van der Waals surface area contributed by atoms with Gasteiger partial charge in [0.05, 0.1) is 11.5 Å². The molecule has 1 fully saturated rings. The lowest BCUT2D eigenvalue weighted by Gasteiger charge is -2.13. The number of amidine groups is 1. The van der Waals surface area contributed by atoms with E-state index in [9.17, 15) is 9.59 Å². The molecular weight excluding hydrogens is 484 g/mol. The number of aryl methyl sites for hydroxylation is 1. The molecule has 1 heterocycles. The number of rotatable bonds is 7. The van der Waals surface area contributed by atoms with Crippen molar-refractivity contribution in [2.24, 2.45) is 4.99 Å². The number of aliphatic imine (C=N–C) groups is 1. The Kier molecular flexibility index (Phi) is 7.90. The Morgan fingerprint density at radius 1 is 1.03 bits per heavy atom. The van der Waals surface area contributed by atoms with Crippen LogP contribution >= 0.6 is 23.4 Å². The average Bonchev–Trinajstić information content (AvgIpc) is 3.18. The zero-order valence-corrected chi connectivity index (χ0v) is 20.8. The Balaban J connectivity index is 1.48. The molecule has 0 spiro atoms. The number of halogens is 1. The SMILES string of the molecule is CCOc1cc(/C=C2\SC(=NC(=O)c3ccc(Cl)cc3)NC2=O)ccc1OCc1ccc(C)cc1. The summed E-state index contributed by atoms with van der Waals surface area (Å²) in [6, 6.07) is 20.0. The van der Waals surface area contributed by atoms with Crippen LogP contribution in [0.2, 0.25) is 5.02 Å². The minimum absolute atomic E-state index is 0.226. The van der Waals surface area contributed by atoms with E-state index in [-0.39, 0.29) is 11.1 Å². The van der Waals surface area contributed by atoms with E-state index in [0.29, 0.717) is 40.2 Å². The van der Waals surface area contributed by atoms with Crippen LogP contribution in [0, 0.1) is 6.92 Å². The predicted molar refractivity (Wildman–Crippen MR) is 140 cm³/mol. The van der Waals surface area contributed by atoms with Gasteiger partial charge in [0.25, 0.3) is 11.8 Å². The Morgan fingerprint density at radius 2 is 1.77 bits per heavy atom. The van der Waals surface area contributed by atoms with E-state index >= 15 is 0 Å². The molecule has 178 valence electrons. The number of nitrogens with one attached hydrogen (secondary N) is 1. The topological polar surface area (TPSA) is 77.0 Å². The number of benzene rings is 3. The summed E-state index contributed by atoms with van der Waals surface area (Å²) < 4.78 is 11.7. The molecule has 0 atom stereocenters. The van der Waals surface area contributed by atoms with Crippen LogP contribution in [-0.4, -0.2) is 23.6 Å². The summed E-state index contributed by atoms with van der Waals surface area (Å²) >= 11 is 6.96. The number of carbonyl (C=O) groups excluding carboxylic acids is 2. The molecule has 6 nitrogen and oxygen atoms in total. The van der Waals surface area contributed by atoms with Gasteiger partial charge in [0.1, 0.15) is 6.61 Å². The highest BCUT2D eigenvalue weighted by Crippen LogP contribution is 2.32. The number of amides is 2. The maximum atomic E-state index is 12.4. The third kappa shape index (κ3) is 6.53. The Hall–Kier alpha value is -3.55. The first-order valence-electron chi connectivity index (χ1n) is 11.0. The summed E-state index contributed by atoms with van der Waals surface area (Å²) in [6.07, 6.45) is 1.72. The molecule has 1 aliphatic rings. The van der Waals surface area contributed by atoms with Gasteiger partial charge in [0.15, 0.2) is 16.7 Å². The van der Waals surface area contributed by atoms with Gasteiger partial charge in [-0.1, -0.05) is 47.5 Å². The van der Waals surface area contributed by atoms with E-state index in [2.05, 4.69) is 10.3 Å². The van der Waals surface area contributed by atoms with Gasteiger partial charge in [-0.15, -0.1) is 0 Å². The Labute approximate surface area is 213 Å². The van der Waals surface area contributed by atoms with E-state index in [1.807, 2.05) is 56.3 Å². The van der Waals surface area contributed by atoms with Gasteiger partial charge in [-0.3, -0.25) is 9.59 Å². The van der Waals surface area contributed by atoms with E-state index < -0.39 is 5.91 Å². The molecule has 35 heavy (non-hydrogen) atoms. The van der Waals surface area contributed by atoms with Gasteiger partial charge in [-0.25, -0.2) is 0 Å². The zero-order chi connectivity index (χ0) is 24.8. The molecule has 0 unspecified atom stereocenters. The van der Waals surface area contributed by atoms with Gasteiger partial charge in [-0.2, -0.15) is 4.99 Å². The van der Waals surface area contributed by atoms with Crippen LogP contribution in [0.15, 0.2) is 76.6 Å². The monoisotopic (exact) mass is 506 g/mol. The Bertz CT molecular complexity index is 1300. The normalized spacial score (nSPS) is 15.3. The summed E-state index contributed by atoms with van der Waals surface area (Å²) in [5, 5.41) is 3.39. The summed E-state index contributed by atoms with van der Waals surface area (Å²) in [6.45, 7) is 4.83. The first-order chi connectivity index (χ1) is 16.9. The third-order valence-electron chi connectivity index (χ3n) is 5.03. The predicted octanol–water partition coefficient (Wildman–Crippen LogP) is 6.03. The fourth-order valence-corrected chi connectivity index (χ4v) is 4.17. The smallest absolute Gasteiger partial charge is 0.279 e. The molecule has 0 aliphatic carbocycles. The van der Waals surface area contributed by atoms with Crippen LogP contribution in [0.25, 0.3) is 6.08 Å². The highest BCUT2D eigenvalue weighted by Gasteiger charge is 2.25. The van der Waals surface area contributed by atoms with Crippen molar-refractivity contribution in [2.75, 3.05) is 6.61 Å². The van der Waals surface area contributed by atoms with Crippen molar-refractivity contribution >= 4 is 46.4 Å². The fourth-order valence-electron chi connectivity index (χ4n) is 3.23. The van der Waals surface area contributed by atoms with Gasteiger partial charge in [-0.05, 0) is 79.2 Å². The van der Waals surface area contributed by atoms with Crippen molar-refractivity contribution in [2.45, 2.75) is 20.5 Å². The van der Waals surface area contributed by atoms with Crippen LogP contribution in [0.1, 0.15) is 34.0 Å². The van der Waals surface area contributed by atoms with Crippen LogP contribution in [0.4, 0.5) is 0 Å². The highest BCUT2D eigenvalue weighted by atomic mass is 35.5. The van der Waals surface area contributed by atoms with Crippen molar-refractivity contribution in [3.05, 3.63) is 98.9 Å². The van der Waals surface area contributed by atoms with Crippen LogP contribution in [-0.2, 0) is 11.4 Å². The minimum atomic E-state index is -0.459. The molecule has 0 aromatic heterocycles. The lowest BCUT2D eigenvalue weighted by atomic mass is 10.1. The highest BCUT2D eigenvalue weighted by molar-refractivity contribution is 8.18. The average molecular weight is 507 g/mol. The first kappa shape index (κ1) is 24.6. The molecule has 8 heteroatoms. The number of hydrogen-bond donors (Lipinski definition) is 1. The van der Waals surface area contributed by atoms with Crippen molar-refractivity contribution in [3.63, 3.8) is 0 Å². The second-order valence-corrected chi connectivity index (χ2v) is 9.17. The standard InChI is InChI=1S/C27H23ClN2O4S/c1-3-33-23-14-19(8-13-22(23)34-16-18-6-4-17(2)5-7-18)15-24-26(32)30-27(35-24)29-25(31)20-9-11-21(28)12-10-20/h4-15H,3,16H2,1-2H3,(H,29,30,31,32)/b24-15-. The van der Waals surface area contributed by atoms with Gasteiger partial charge in [0, 0.05) is 10.6 Å². The summed E-state index contributed by atoms with van der Waals surface area (Å²) in [5.41, 5.74) is 3.40. The summed E-state index contributed by atoms with van der Waals surface area (Å²) in [5.74, 6) is 0.424. The number of hydrogen-bond acceptors (Lipinski definition) is 5. The lowest BCUT2D eigenvalue weighted by molar-refractivity contribution is -0.115. The quantitative estimate of drug-likeness (QED) is 0.396. The molecule has 3 aromatic rings. The number of carbonyl (C=O) groups is 2. The second-order valence-electron chi connectivity index (χ2n) is 7.71. The molecule has 0 saturated carbocycles. The van der Waals surface area contributed by atoms with Gasteiger partial charge in [0.2, 0.25) is 0 Å². The second kappa shape index (κ2) is 11.3. The molecule has 1 saturated heterocycles. The zero-order valence-electron chi connectivity index (χ0n) is 19.2. The van der Waals surface area contributed by atoms with E-state index in [1.165, 1.54) is 5.56 Å². The Morgan fingerprint density at radius 3 is 2.49 bits per heavy atom. The molecule has 1 aliphatic heterocycles. The largest absolute Gasteiger partial charge is 0.490 e. The van der Waals surface area contributed by atoms with E-state index in [1.54, 1.807) is 30.3 Å². The maximum absolute atomic E-state index is 12.4. The fraction of sp³-hybridized carbons (Fsp3) is 0.148. The molecule has 0 bridgehead atoms. The number of nitrogens with zero attached hydrogens (tertiary/aromatic N) is 1. The van der Waals surface area contributed by atoms with E-state index in [0.717, 1.165) is 22.9 Å². The molecule has 0 radical (unpaired) electrons. The molecular formula is C27H23ClN2O4S. The van der Waals surface area contributed by atoms with Gasteiger partial charge < -0.3 is 14.8 Å². The van der Waals surface area contributed by atoms with E-state index in [4.69, 9.17) is 21.1 Å². The van der Waals surface area contributed by atoms with Crippen molar-refractivity contribution in [1.29, 1.82) is 0 Å².